The molecule has 0 saturated carbocycles. The Morgan fingerprint density at radius 1 is 1.18 bits per heavy atom. The zero-order valence-electron chi connectivity index (χ0n) is 11.8. The third-order valence-corrected chi connectivity index (χ3v) is 3.19. The predicted molar refractivity (Wildman–Crippen MR) is 73.7 cm³/mol. The first kappa shape index (κ1) is 14.0. The van der Waals surface area contributed by atoms with E-state index in [9.17, 15) is 0 Å². The van der Waals surface area contributed by atoms with E-state index >= 15 is 0 Å². The highest BCUT2D eigenvalue weighted by atomic mass is 16.5. The largest absolute Gasteiger partial charge is 0.494 e. The molecule has 0 spiro atoms. The van der Waals surface area contributed by atoms with Crippen molar-refractivity contribution in [3.63, 3.8) is 0 Å². The Labute approximate surface area is 105 Å². The molecule has 0 saturated heterocycles. The molecule has 1 N–H and O–H groups in total. The SMILES string of the molecule is CCOc1cc(C)c(CNC(C)CC)cc1C. The smallest absolute Gasteiger partial charge is 0.122 e. The zero-order chi connectivity index (χ0) is 12.8. The van der Waals surface area contributed by atoms with Gasteiger partial charge >= 0.3 is 0 Å². The quantitative estimate of drug-likeness (QED) is 0.813. The van der Waals surface area contributed by atoms with Gasteiger partial charge in [0.2, 0.25) is 0 Å². The normalized spacial score (nSPS) is 12.5. The van der Waals surface area contributed by atoms with E-state index in [1.165, 1.54) is 16.7 Å². The van der Waals surface area contributed by atoms with Gasteiger partial charge in [-0.15, -0.1) is 0 Å². The molecule has 0 heterocycles. The number of rotatable bonds is 6. The van der Waals surface area contributed by atoms with E-state index in [2.05, 4.69) is 45.1 Å². The number of aryl methyl sites for hydroxylation is 2. The van der Waals surface area contributed by atoms with Crippen molar-refractivity contribution in [1.29, 1.82) is 0 Å². The molecule has 0 aliphatic heterocycles. The van der Waals surface area contributed by atoms with Crippen LogP contribution in [0, 0.1) is 13.8 Å². The molecule has 0 aromatic heterocycles. The second-order valence-electron chi connectivity index (χ2n) is 4.67. The molecule has 1 atom stereocenters. The molecule has 0 aliphatic carbocycles. The summed E-state index contributed by atoms with van der Waals surface area (Å²) in [5, 5.41) is 3.53. The van der Waals surface area contributed by atoms with Crippen molar-refractivity contribution in [3.8, 4) is 5.75 Å². The molecule has 17 heavy (non-hydrogen) atoms. The van der Waals surface area contributed by atoms with Gasteiger partial charge in [0.05, 0.1) is 6.61 Å². The lowest BCUT2D eigenvalue weighted by Gasteiger charge is -2.15. The third kappa shape index (κ3) is 4.04. The van der Waals surface area contributed by atoms with Crippen LogP contribution in [0.3, 0.4) is 0 Å². The van der Waals surface area contributed by atoms with Gasteiger partial charge in [-0.3, -0.25) is 0 Å². The van der Waals surface area contributed by atoms with Crippen LogP contribution in [-0.4, -0.2) is 12.6 Å². The van der Waals surface area contributed by atoms with Gasteiger partial charge in [0.25, 0.3) is 0 Å². The van der Waals surface area contributed by atoms with E-state index in [1.54, 1.807) is 0 Å². The van der Waals surface area contributed by atoms with E-state index < -0.39 is 0 Å². The molecule has 2 nitrogen and oxygen atoms in total. The number of hydrogen-bond acceptors (Lipinski definition) is 2. The minimum atomic E-state index is 0.571. The van der Waals surface area contributed by atoms with Gasteiger partial charge in [0, 0.05) is 12.6 Å². The Kier molecular flexibility index (Phi) is 5.49. The Morgan fingerprint density at radius 3 is 2.47 bits per heavy atom. The molecule has 0 amide bonds. The molecule has 0 radical (unpaired) electrons. The van der Waals surface area contributed by atoms with Crippen molar-refractivity contribution in [3.05, 3.63) is 28.8 Å². The van der Waals surface area contributed by atoms with Crippen LogP contribution in [-0.2, 0) is 6.54 Å². The van der Waals surface area contributed by atoms with Crippen LogP contribution < -0.4 is 10.1 Å². The summed E-state index contributed by atoms with van der Waals surface area (Å²) in [5.74, 6) is 1.01. The first-order chi connectivity index (χ1) is 8.08. The maximum atomic E-state index is 5.60. The molecule has 1 aromatic carbocycles. The minimum absolute atomic E-state index is 0.571. The van der Waals surface area contributed by atoms with Crippen LogP contribution in [0.15, 0.2) is 12.1 Å². The lowest BCUT2D eigenvalue weighted by molar-refractivity contribution is 0.337. The van der Waals surface area contributed by atoms with E-state index in [-0.39, 0.29) is 0 Å². The average molecular weight is 235 g/mol. The summed E-state index contributed by atoms with van der Waals surface area (Å²) in [7, 11) is 0. The van der Waals surface area contributed by atoms with Crippen molar-refractivity contribution in [2.24, 2.45) is 0 Å². The summed E-state index contributed by atoms with van der Waals surface area (Å²) in [6.07, 6.45) is 1.16. The molecular weight excluding hydrogens is 210 g/mol. The van der Waals surface area contributed by atoms with E-state index in [4.69, 9.17) is 4.74 Å². The van der Waals surface area contributed by atoms with Crippen LogP contribution in [0.5, 0.6) is 5.75 Å². The summed E-state index contributed by atoms with van der Waals surface area (Å²) in [6.45, 7) is 12.4. The first-order valence-electron chi connectivity index (χ1n) is 6.54. The fraction of sp³-hybridized carbons (Fsp3) is 0.600. The van der Waals surface area contributed by atoms with Gasteiger partial charge in [-0.05, 0) is 56.9 Å². The van der Waals surface area contributed by atoms with Crippen LogP contribution in [0.4, 0.5) is 0 Å². The molecular formula is C15H25NO. The molecule has 96 valence electrons. The van der Waals surface area contributed by atoms with Crippen molar-refractivity contribution < 1.29 is 4.74 Å². The summed E-state index contributed by atoms with van der Waals surface area (Å²) in [6, 6.07) is 4.95. The highest BCUT2D eigenvalue weighted by molar-refractivity contribution is 5.41. The Morgan fingerprint density at radius 2 is 1.88 bits per heavy atom. The average Bonchev–Trinajstić information content (AvgIpc) is 2.31. The minimum Gasteiger partial charge on any atom is -0.494 e. The molecule has 1 unspecified atom stereocenters. The molecule has 0 bridgehead atoms. The standard InChI is InChI=1S/C15H25NO/c1-6-13(5)16-10-14-8-12(4)15(17-7-2)9-11(14)3/h8-9,13,16H,6-7,10H2,1-5H3. The van der Waals surface area contributed by atoms with E-state index in [1.807, 2.05) is 6.92 Å². The van der Waals surface area contributed by atoms with Crippen molar-refractivity contribution >= 4 is 0 Å². The maximum Gasteiger partial charge on any atom is 0.122 e. The molecule has 1 rings (SSSR count). The van der Waals surface area contributed by atoms with E-state index in [0.717, 1.165) is 25.3 Å². The highest BCUT2D eigenvalue weighted by Gasteiger charge is 2.06. The van der Waals surface area contributed by atoms with Crippen molar-refractivity contribution in [1.82, 2.24) is 5.32 Å². The summed E-state index contributed by atoms with van der Waals surface area (Å²) in [4.78, 5) is 0. The second kappa shape index (κ2) is 6.65. The Balaban J connectivity index is 2.77. The third-order valence-electron chi connectivity index (χ3n) is 3.19. The zero-order valence-corrected chi connectivity index (χ0v) is 11.8. The molecule has 0 aliphatic rings. The molecule has 2 heteroatoms. The Hall–Kier alpha value is -1.02. The number of hydrogen-bond donors (Lipinski definition) is 1. The molecule has 1 aromatic rings. The monoisotopic (exact) mass is 235 g/mol. The highest BCUT2D eigenvalue weighted by Crippen LogP contribution is 2.23. The fourth-order valence-corrected chi connectivity index (χ4v) is 1.78. The Bertz CT molecular complexity index is 360. The van der Waals surface area contributed by atoms with Gasteiger partial charge in [-0.25, -0.2) is 0 Å². The van der Waals surface area contributed by atoms with Crippen LogP contribution >= 0.6 is 0 Å². The van der Waals surface area contributed by atoms with Crippen molar-refractivity contribution in [2.45, 2.75) is 53.6 Å². The fourth-order valence-electron chi connectivity index (χ4n) is 1.78. The van der Waals surface area contributed by atoms with Gasteiger partial charge in [0.1, 0.15) is 5.75 Å². The van der Waals surface area contributed by atoms with E-state index in [0.29, 0.717) is 6.04 Å². The van der Waals surface area contributed by atoms with Gasteiger partial charge < -0.3 is 10.1 Å². The number of nitrogens with one attached hydrogen (secondary N) is 1. The lowest BCUT2D eigenvalue weighted by Crippen LogP contribution is -2.24. The number of benzene rings is 1. The van der Waals surface area contributed by atoms with Gasteiger partial charge in [0.15, 0.2) is 0 Å². The predicted octanol–water partition coefficient (Wildman–Crippen LogP) is 3.59. The van der Waals surface area contributed by atoms with Crippen LogP contribution in [0.2, 0.25) is 0 Å². The van der Waals surface area contributed by atoms with Crippen molar-refractivity contribution in [2.75, 3.05) is 6.61 Å². The topological polar surface area (TPSA) is 21.3 Å². The van der Waals surface area contributed by atoms with Crippen LogP contribution in [0.25, 0.3) is 0 Å². The van der Waals surface area contributed by atoms with Gasteiger partial charge in [-0.1, -0.05) is 13.0 Å². The molecule has 0 fully saturated rings. The lowest BCUT2D eigenvalue weighted by atomic mass is 10.0. The second-order valence-corrected chi connectivity index (χ2v) is 4.67. The summed E-state index contributed by atoms with van der Waals surface area (Å²) < 4.78 is 5.60. The summed E-state index contributed by atoms with van der Waals surface area (Å²) >= 11 is 0. The van der Waals surface area contributed by atoms with Gasteiger partial charge in [-0.2, -0.15) is 0 Å². The number of ether oxygens (including phenoxy) is 1. The maximum absolute atomic E-state index is 5.60. The first-order valence-corrected chi connectivity index (χ1v) is 6.54. The summed E-state index contributed by atoms with van der Waals surface area (Å²) in [5.41, 5.74) is 3.89. The van der Waals surface area contributed by atoms with Crippen LogP contribution in [0.1, 0.15) is 43.9 Å².